The molecule has 1 fully saturated rings. The van der Waals surface area contributed by atoms with Gasteiger partial charge >= 0.3 is 0 Å². The lowest BCUT2D eigenvalue weighted by Crippen LogP contribution is -2.45. The highest BCUT2D eigenvalue weighted by molar-refractivity contribution is 14.1. The van der Waals surface area contributed by atoms with E-state index in [1.807, 2.05) is 25.1 Å². The van der Waals surface area contributed by atoms with Crippen LogP contribution in [0.15, 0.2) is 54.6 Å². The number of nitrogens with zero attached hydrogens (tertiary/aromatic N) is 1. The lowest BCUT2D eigenvalue weighted by atomic mass is 9.86. The van der Waals surface area contributed by atoms with E-state index < -0.39 is 5.60 Å². The van der Waals surface area contributed by atoms with E-state index in [1.54, 1.807) is 0 Å². The second-order valence-electron chi connectivity index (χ2n) is 6.24. The quantitative estimate of drug-likeness (QED) is 0.770. The van der Waals surface area contributed by atoms with Gasteiger partial charge in [-0.1, -0.05) is 48.5 Å². The molecule has 0 aromatic heterocycles. The Bertz CT molecular complexity index is 626. The van der Waals surface area contributed by atoms with Gasteiger partial charge in [0.1, 0.15) is 5.60 Å². The van der Waals surface area contributed by atoms with Gasteiger partial charge in [-0.15, -0.1) is 0 Å². The first-order chi connectivity index (χ1) is 10.6. The summed E-state index contributed by atoms with van der Waals surface area (Å²) in [4.78, 5) is 2.43. The summed E-state index contributed by atoms with van der Waals surface area (Å²) in [5.41, 5.74) is 1.54. The minimum Gasteiger partial charge on any atom is -0.384 e. The summed E-state index contributed by atoms with van der Waals surface area (Å²) in [5.74, 6) is 0. The predicted molar refractivity (Wildman–Crippen MR) is 98.6 cm³/mol. The normalized spacial score (nSPS) is 21.7. The fourth-order valence-corrected chi connectivity index (χ4v) is 4.45. The Kier molecular flexibility index (Phi) is 4.85. The molecule has 3 heteroatoms. The van der Waals surface area contributed by atoms with Gasteiger partial charge in [-0.25, -0.2) is 0 Å². The first-order valence-electron chi connectivity index (χ1n) is 7.84. The standard InChI is InChI=1S/C19H22INO/c1-19(22,16-10-5-6-11-17(16)20)18-12-7-13-21(18)14-15-8-3-2-4-9-15/h2-6,8-11,18,22H,7,12-14H2,1H3/t18-,19?/m0/s1. The Labute approximate surface area is 146 Å². The number of benzene rings is 2. The van der Waals surface area contributed by atoms with Crippen LogP contribution in [0.2, 0.25) is 0 Å². The molecule has 2 atom stereocenters. The van der Waals surface area contributed by atoms with E-state index >= 15 is 0 Å². The molecule has 0 spiro atoms. The van der Waals surface area contributed by atoms with E-state index in [9.17, 15) is 5.11 Å². The number of hydrogen-bond donors (Lipinski definition) is 1. The SMILES string of the molecule is CC(O)(c1ccccc1I)[C@@H]1CCCN1Cc1ccccc1. The topological polar surface area (TPSA) is 23.5 Å². The molecule has 2 nitrogen and oxygen atoms in total. The van der Waals surface area contributed by atoms with Crippen molar-refractivity contribution >= 4 is 22.6 Å². The van der Waals surface area contributed by atoms with E-state index in [0.717, 1.165) is 35.1 Å². The molecule has 0 amide bonds. The van der Waals surface area contributed by atoms with Gasteiger partial charge < -0.3 is 5.11 Å². The lowest BCUT2D eigenvalue weighted by Gasteiger charge is -2.37. The molecule has 0 bridgehead atoms. The van der Waals surface area contributed by atoms with E-state index in [-0.39, 0.29) is 6.04 Å². The molecule has 0 aliphatic carbocycles. The Morgan fingerprint density at radius 3 is 2.55 bits per heavy atom. The third-order valence-corrected chi connectivity index (χ3v) is 5.60. The molecule has 1 saturated heterocycles. The van der Waals surface area contributed by atoms with Crippen LogP contribution < -0.4 is 0 Å². The molecule has 1 unspecified atom stereocenters. The average Bonchev–Trinajstić information content (AvgIpc) is 2.97. The van der Waals surface area contributed by atoms with Crippen molar-refractivity contribution < 1.29 is 5.11 Å². The number of hydrogen-bond acceptors (Lipinski definition) is 2. The van der Waals surface area contributed by atoms with Crippen LogP contribution in [0.4, 0.5) is 0 Å². The average molecular weight is 407 g/mol. The lowest BCUT2D eigenvalue weighted by molar-refractivity contribution is -0.0260. The van der Waals surface area contributed by atoms with Crippen molar-refractivity contribution in [3.8, 4) is 0 Å². The third-order valence-electron chi connectivity index (χ3n) is 4.66. The van der Waals surface area contributed by atoms with Crippen molar-refractivity contribution in [3.05, 3.63) is 69.3 Å². The van der Waals surface area contributed by atoms with Gasteiger partial charge in [-0.05, 0) is 66.1 Å². The second kappa shape index (κ2) is 6.69. The van der Waals surface area contributed by atoms with E-state index in [2.05, 4.69) is 63.9 Å². The molecule has 1 heterocycles. The largest absolute Gasteiger partial charge is 0.384 e. The van der Waals surface area contributed by atoms with Crippen molar-refractivity contribution in [2.75, 3.05) is 6.54 Å². The summed E-state index contributed by atoms with van der Waals surface area (Å²) in [7, 11) is 0. The zero-order valence-corrected chi connectivity index (χ0v) is 15.0. The highest BCUT2D eigenvalue weighted by atomic mass is 127. The van der Waals surface area contributed by atoms with Crippen molar-refractivity contribution in [1.29, 1.82) is 0 Å². The smallest absolute Gasteiger partial charge is 0.103 e. The molecule has 116 valence electrons. The molecule has 1 aliphatic rings. The molecule has 0 radical (unpaired) electrons. The van der Waals surface area contributed by atoms with E-state index in [4.69, 9.17) is 0 Å². The van der Waals surface area contributed by atoms with Crippen molar-refractivity contribution in [2.45, 2.75) is 38.0 Å². The fourth-order valence-electron chi connectivity index (χ4n) is 3.52. The third kappa shape index (κ3) is 3.21. The van der Waals surface area contributed by atoms with Gasteiger partial charge in [0.15, 0.2) is 0 Å². The highest BCUT2D eigenvalue weighted by Gasteiger charge is 2.41. The maximum atomic E-state index is 11.3. The van der Waals surface area contributed by atoms with Crippen LogP contribution >= 0.6 is 22.6 Å². The van der Waals surface area contributed by atoms with Crippen LogP contribution in [-0.2, 0) is 12.1 Å². The van der Waals surface area contributed by atoms with E-state index in [0.29, 0.717) is 0 Å². The maximum Gasteiger partial charge on any atom is 0.103 e. The van der Waals surface area contributed by atoms with Crippen molar-refractivity contribution in [2.24, 2.45) is 0 Å². The summed E-state index contributed by atoms with van der Waals surface area (Å²) < 4.78 is 1.14. The van der Waals surface area contributed by atoms with Crippen molar-refractivity contribution in [1.82, 2.24) is 4.90 Å². The predicted octanol–water partition coefficient (Wildman–Crippen LogP) is 4.16. The van der Waals surface area contributed by atoms with E-state index in [1.165, 1.54) is 5.56 Å². The van der Waals surface area contributed by atoms with Crippen LogP contribution in [0.1, 0.15) is 30.9 Å². The summed E-state index contributed by atoms with van der Waals surface area (Å²) >= 11 is 2.32. The van der Waals surface area contributed by atoms with Crippen molar-refractivity contribution in [3.63, 3.8) is 0 Å². The molecule has 3 rings (SSSR count). The number of rotatable bonds is 4. The Hall–Kier alpha value is -0.910. The molecule has 1 N–H and O–H groups in total. The monoisotopic (exact) mass is 407 g/mol. The first kappa shape index (κ1) is 16.0. The van der Waals surface area contributed by atoms with Gasteiger partial charge in [-0.2, -0.15) is 0 Å². The summed E-state index contributed by atoms with van der Waals surface area (Å²) in [6, 6.07) is 18.9. The van der Waals surface area contributed by atoms with Crippen LogP contribution in [0.25, 0.3) is 0 Å². The zero-order valence-electron chi connectivity index (χ0n) is 12.9. The van der Waals surface area contributed by atoms with Gasteiger partial charge in [0.05, 0.1) is 0 Å². The second-order valence-corrected chi connectivity index (χ2v) is 7.40. The fraction of sp³-hybridized carbons (Fsp3) is 0.368. The number of halogens is 1. The minimum atomic E-state index is -0.816. The highest BCUT2D eigenvalue weighted by Crippen LogP contribution is 2.37. The molecule has 1 aliphatic heterocycles. The van der Waals surface area contributed by atoms with Gasteiger partial charge in [0.2, 0.25) is 0 Å². The van der Waals surface area contributed by atoms with Crippen LogP contribution in [0.5, 0.6) is 0 Å². The Balaban J connectivity index is 1.84. The summed E-state index contributed by atoms with van der Waals surface area (Å²) in [6.07, 6.45) is 2.20. The summed E-state index contributed by atoms with van der Waals surface area (Å²) in [6.45, 7) is 3.93. The maximum absolute atomic E-state index is 11.3. The molecule has 22 heavy (non-hydrogen) atoms. The number of likely N-dealkylation sites (tertiary alicyclic amines) is 1. The molecule has 2 aromatic carbocycles. The van der Waals surface area contributed by atoms with Crippen LogP contribution in [-0.4, -0.2) is 22.6 Å². The molecule has 0 saturated carbocycles. The van der Waals surface area contributed by atoms with Gasteiger partial charge in [0.25, 0.3) is 0 Å². The zero-order chi connectivity index (χ0) is 15.6. The molecular weight excluding hydrogens is 385 g/mol. The van der Waals surface area contributed by atoms with Gasteiger partial charge in [0, 0.05) is 16.2 Å². The summed E-state index contributed by atoms with van der Waals surface area (Å²) in [5, 5.41) is 11.3. The number of aliphatic hydroxyl groups is 1. The minimum absolute atomic E-state index is 0.170. The van der Waals surface area contributed by atoms with Gasteiger partial charge in [-0.3, -0.25) is 4.90 Å². The first-order valence-corrected chi connectivity index (χ1v) is 8.92. The van der Waals surface area contributed by atoms with Crippen LogP contribution in [0.3, 0.4) is 0 Å². The molecule has 2 aromatic rings. The Morgan fingerprint density at radius 1 is 1.14 bits per heavy atom. The Morgan fingerprint density at radius 2 is 1.82 bits per heavy atom. The van der Waals surface area contributed by atoms with Crippen LogP contribution in [0, 0.1) is 3.57 Å². The molecular formula is C19H22INO.